The number of halogens is 3. The van der Waals surface area contributed by atoms with Crippen molar-refractivity contribution in [2.45, 2.75) is 13.5 Å². The Morgan fingerprint density at radius 3 is 2.75 bits per heavy atom. The van der Waals surface area contributed by atoms with E-state index in [0.717, 1.165) is 5.82 Å². The molecule has 0 unspecified atom stereocenters. The van der Waals surface area contributed by atoms with Crippen molar-refractivity contribution < 1.29 is 9.18 Å². The molecule has 8 nitrogen and oxygen atoms in total. The quantitative estimate of drug-likeness (QED) is 0.393. The fraction of sp³-hybridized carbons (Fsp3) is 0.333. The van der Waals surface area contributed by atoms with Gasteiger partial charge in [-0.1, -0.05) is 18.2 Å². The molecule has 32 heavy (non-hydrogen) atoms. The number of nitrogens with zero attached hydrogens (tertiary/aromatic N) is 6. The first-order valence-corrected chi connectivity index (χ1v) is 11.3. The predicted octanol–water partition coefficient (Wildman–Crippen LogP) is 3.64. The molecule has 1 aromatic carbocycles. The molecule has 1 N–H and O–H groups in total. The maximum atomic E-state index is 15.1. The second-order valence-electron chi connectivity index (χ2n) is 7.36. The summed E-state index contributed by atoms with van der Waals surface area (Å²) in [4.78, 5) is 29.0. The molecule has 0 atom stereocenters. The van der Waals surface area contributed by atoms with E-state index in [1.165, 1.54) is 6.08 Å². The van der Waals surface area contributed by atoms with Gasteiger partial charge >= 0.3 is 0 Å². The number of imidazole rings is 1. The van der Waals surface area contributed by atoms with Crippen LogP contribution in [0.25, 0.3) is 10.9 Å². The van der Waals surface area contributed by atoms with E-state index in [4.69, 9.17) is 11.6 Å². The summed E-state index contributed by atoms with van der Waals surface area (Å²) in [6.07, 6.45) is 4.95. The van der Waals surface area contributed by atoms with Crippen LogP contribution in [-0.2, 0) is 11.3 Å². The van der Waals surface area contributed by atoms with Gasteiger partial charge in [0.05, 0.1) is 9.50 Å². The van der Waals surface area contributed by atoms with Gasteiger partial charge < -0.3 is 19.7 Å². The average molecular weight is 523 g/mol. The lowest BCUT2D eigenvalue weighted by atomic mass is 10.2. The number of rotatable bonds is 6. The molecule has 168 valence electrons. The van der Waals surface area contributed by atoms with Gasteiger partial charge in [-0.05, 0) is 35.0 Å². The van der Waals surface area contributed by atoms with Crippen LogP contribution in [0.3, 0.4) is 0 Å². The summed E-state index contributed by atoms with van der Waals surface area (Å²) < 4.78 is 17.2. The third kappa shape index (κ3) is 4.42. The second-order valence-corrected chi connectivity index (χ2v) is 8.56. The van der Waals surface area contributed by atoms with Crippen LogP contribution in [0.2, 0.25) is 5.02 Å². The zero-order valence-corrected chi connectivity index (χ0v) is 19.8. The van der Waals surface area contributed by atoms with Gasteiger partial charge in [0.15, 0.2) is 5.82 Å². The van der Waals surface area contributed by atoms with E-state index in [2.05, 4.69) is 42.8 Å². The maximum absolute atomic E-state index is 15.1. The van der Waals surface area contributed by atoms with Crippen molar-refractivity contribution in [3.05, 3.63) is 52.3 Å². The zero-order valence-electron chi connectivity index (χ0n) is 17.5. The number of piperazine rings is 1. The largest absolute Gasteiger partial charge is 0.352 e. The van der Waals surface area contributed by atoms with Crippen molar-refractivity contribution in [2.75, 3.05) is 42.9 Å². The maximum Gasteiger partial charge on any atom is 0.246 e. The number of carbonyl (C=O) groups excluding carboxylic acids is 1. The molecule has 3 heterocycles. The van der Waals surface area contributed by atoms with E-state index in [-0.39, 0.29) is 20.9 Å². The molecular formula is C21H22BrClFN7O. The molecule has 0 saturated carbocycles. The lowest BCUT2D eigenvalue weighted by molar-refractivity contribution is -0.126. The van der Waals surface area contributed by atoms with Gasteiger partial charge in [0, 0.05) is 57.0 Å². The van der Waals surface area contributed by atoms with E-state index < -0.39 is 5.82 Å². The highest BCUT2D eigenvalue weighted by Gasteiger charge is 2.24. The average Bonchev–Trinajstić information content (AvgIpc) is 3.21. The smallest absolute Gasteiger partial charge is 0.246 e. The first-order valence-electron chi connectivity index (χ1n) is 10.1. The number of hydrogen-bond acceptors (Lipinski definition) is 6. The van der Waals surface area contributed by atoms with Crippen LogP contribution in [0, 0.1) is 12.7 Å². The molecule has 0 radical (unpaired) electrons. The molecule has 1 aliphatic rings. The first-order chi connectivity index (χ1) is 15.4. The molecule has 4 rings (SSSR count). The Labute approximate surface area is 198 Å². The van der Waals surface area contributed by atoms with Crippen molar-refractivity contribution >= 4 is 56.1 Å². The van der Waals surface area contributed by atoms with Crippen LogP contribution in [0.15, 0.2) is 35.6 Å². The van der Waals surface area contributed by atoms with Gasteiger partial charge in [-0.15, -0.1) is 0 Å². The summed E-state index contributed by atoms with van der Waals surface area (Å²) in [6.45, 7) is 8.82. The van der Waals surface area contributed by atoms with Crippen LogP contribution < -0.4 is 10.2 Å². The number of fused-ring (bicyclic) bond motifs is 1. The summed E-state index contributed by atoms with van der Waals surface area (Å²) in [5.74, 6) is 1.17. The van der Waals surface area contributed by atoms with Gasteiger partial charge in [0.2, 0.25) is 11.9 Å². The van der Waals surface area contributed by atoms with Crippen molar-refractivity contribution in [2.24, 2.45) is 0 Å². The highest BCUT2D eigenvalue weighted by atomic mass is 79.9. The number of hydrogen-bond donors (Lipinski definition) is 1. The van der Waals surface area contributed by atoms with Crippen LogP contribution in [-0.4, -0.2) is 63.0 Å². The molecular weight excluding hydrogens is 501 g/mol. The van der Waals surface area contributed by atoms with E-state index in [1.54, 1.807) is 17.2 Å². The van der Waals surface area contributed by atoms with E-state index in [1.807, 2.05) is 22.6 Å². The Bertz CT molecular complexity index is 1180. The van der Waals surface area contributed by atoms with Gasteiger partial charge in [0.25, 0.3) is 0 Å². The predicted molar refractivity (Wildman–Crippen MR) is 127 cm³/mol. The van der Waals surface area contributed by atoms with E-state index in [0.29, 0.717) is 56.4 Å². The fourth-order valence-electron chi connectivity index (χ4n) is 3.67. The third-order valence-electron chi connectivity index (χ3n) is 5.43. The summed E-state index contributed by atoms with van der Waals surface area (Å²) >= 11 is 9.43. The van der Waals surface area contributed by atoms with E-state index >= 15 is 4.39 Å². The number of carbonyl (C=O) groups is 1. The van der Waals surface area contributed by atoms with Crippen LogP contribution in [0.1, 0.15) is 5.82 Å². The zero-order chi connectivity index (χ0) is 22.8. The Morgan fingerprint density at radius 2 is 2.09 bits per heavy atom. The molecule has 1 amide bonds. The minimum atomic E-state index is -0.537. The van der Waals surface area contributed by atoms with Crippen LogP contribution >= 0.6 is 27.5 Å². The normalized spacial score (nSPS) is 14.1. The van der Waals surface area contributed by atoms with Crippen LogP contribution in [0.5, 0.6) is 0 Å². The molecule has 0 bridgehead atoms. The molecule has 1 saturated heterocycles. The third-order valence-corrected chi connectivity index (χ3v) is 6.73. The number of aromatic nitrogens is 4. The summed E-state index contributed by atoms with van der Waals surface area (Å²) in [6, 6.07) is 1.67. The topological polar surface area (TPSA) is 79.2 Å². The lowest BCUT2D eigenvalue weighted by Gasteiger charge is -2.35. The number of nitrogens with one attached hydrogen (secondary N) is 1. The van der Waals surface area contributed by atoms with Gasteiger partial charge in [-0.3, -0.25) is 4.79 Å². The van der Waals surface area contributed by atoms with Gasteiger partial charge in [-0.2, -0.15) is 4.98 Å². The van der Waals surface area contributed by atoms with Crippen molar-refractivity contribution in [3.8, 4) is 0 Å². The minimum Gasteiger partial charge on any atom is -0.352 e. The Balaban J connectivity index is 1.64. The molecule has 3 aromatic rings. The van der Waals surface area contributed by atoms with Crippen molar-refractivity contribution in [1.82, 2.24) is 24.4 Å². The molecule has 1 fully saturated rings. The molecule has 11 heteroatoms. The monoisotopic (exact) mass is 521 g/mol. The summed E-state index contributed by atoms with van der Waals surface area (Å²) in [7, 11) is 0. The molecule has 0 spiro atoms. The minimum absolute atomic E-state index is 0.104. The van der Waals surface area contributed by atoms with Gasteiger partial charge in [0.1, 0.15) is 17.2 Å². The fourth-order valence-corrected chi connectivity index (χ4v) is 4.17. The Kier molecular flexibility index (Phi) is 6.61. The number of anilines is 2. The standard InChI is InChI=1S/C21H22BrClFN7O/c1-3-16(32)30-8-10-31(11-9-30)20-14-12-15(23)17(22)18(24)19(14)27-21(28-20)26-5-7-29-6-4-25-13(29)2/h3-4,6,12H,1,5,7-11H2,2H3,(H,26,27,28). The summed E-state index contributed by atoms with van der Waals surface area (Å²) in [5.41, 5.74) is 0.178. The molecule has 2 aromatic heterocycles. The number of aryl methyl sites for hydroxylation is 1. The van der Waals surface area contributed by atoms with Crippen molar-refractivity contribution in [3.63, 3.8) is 0 Å². The first kappa shape index (κ1) is 22.5. The number of amides is 1. The second kappa shape index (κ2) is 9.41. The summed E-state index contributed by atoms with van der Waals surface area (Å²) in [5, 5.41) is 3.96. The van der Waals surface area contributed by atoms with Crippen LogP contribution in [0.4, 0.5) is 16.2 Å². The Hall–Kier alpha value is -2.72. The SMILES string of the molecule is C=CC(=O)N1CCN(c2nc(NCCn3ccnc3C)nc3c(F)c(Br)c(Cl)cc23)CC1. The van der Waals surface area contributed by atoms with Gasteiger partial charge in [-0.25, -0.2) is 14.4 Å². The highest BCUT2D eigenvalue weighted by molar-refractivity contribution is 9.10. The lowest BCUT2D eigenvalue weighted by Crippen LogP contribution is -2.48. The highest BCUT2D eigenvalue weighted by Crippen LogP contribution is 2.36. The van der Waals surface area contributed by atoms with Crippen molar-refractivity contribution in [1.29, 1.82) is 0 Å². The molecule has 1 aliphatic heterocycles. The van der Waals surface area contributed by atoms with E-state index in [9.17, 15) is 4.79 Å². The number of benzene rings is 1. The molecule has 0 aliphatic carbocycles. The Morgan fingerprint density at radius 1 is 1.34 bits per heavy atom.